The van der Waals surface area contributed by atoms with Crippen LogP contribution in [0.25, 0.3) is 10.6 Å². The van der Waals surface area contributed by atoms with Gasteiger partial charge in [-0.25, -0.2) is 4.98 Å². The Bertz CT molecular complexity index is 644. The van der Waals surface area contributed by atoms with Crippen LogP contribution in [0.4, 0.5) is 0 Å². The molecule has 1 aromatic heterocycles. The standard InChI is InChI=1S/C16H21N3O2S/c1-16(2,21)10-19(3)8-13-9-22-15(18-13)12-6-4-11(5-7-12)14(17)20/h4-7,9,21H,8,10H2,1-3H3,(H2,17,20). The van der Waals surface area contributed by atoms with E-state index in [4.69, 9.17) is 5.73 Å². The molecule has 2 rings (SSSR count). The van der Waals surface area contributed by atoms with Gasteiger partial charge in [0.2, 0.25) is 5.91 Å². The first kappa shape index (κ1) is 16.6. The van der Waals surface area contributed by atoms with Gasteiger partial charge in [0.15, 0.2) is 0 Å². The first-order valence-electron chi connectivity index (χ1n) is 7.00. The molecule has 0 saturated heterocycles. The number of carbonyl (C=O) groups excluding carboxylic acids is 1. The first-order valence-corrected chi connectivity index (χ1v) is 7.88. The minimum absolute atomic E-state index is 0.431. The lowest BCUT2D eigenvalue weighted by atomic mass is 10.1. The topological polar surface area (TPSA) is 79.5 Å². The fourth-order valence-electron chi connectivity index (χ4n) is 2.28. The molecule has 1 heterocycles. The summed E-state index contributed by atoms with van der Waals surface area (Å²) in [5.74, 6) is -0.431. The largest absolute Gasteiger partial charge is 0.389 e. The molecule has 2 aromatic rings. The minimum Gasteiger partial charge on any atom is -0.389 e. The summed E-state index contributed by atoms with van der Waals surface area (Å²) < 4.78 is 0. The Hall–Kier alpha value is -1.76. The van der Waals surface area contributed by atoms with Gasteiger partial charge in [0.05, 0.1) is 11.3 Å². The smallest absolute Gasteiger partial charge is 0.248 e. The molecule has 6 heteroatoms. The molecule has 0 bridgehead atoms. The summed E-state index contributed by atoms with van der Waals surface area (Å²) in [5.41, 5.74) is 6.93. The van der Waals surface area contributed by atoms with Crippen molar-refractivity contribution in [3.63, 3.8) is 0 Å². The second kappa shape index (κ2) is 6.56. The highest BCUT2D eigenvalue weighted by atomic mass is 32.1. The molecule has 0 saturated carbocycles. The van der Waals surface area contributed by atoms with Gasteiger partial charge in [0.1, 0.15) is 5.01 Å². The predicted octanol–water partition coefficient (Wildman–Crippen LogP) is 2.11. The van der Waals surface area contributed by atoms with Gasteiger partial charge in [-0.1, -0.05) is 12.1 Å². The molecule has 0 atom stereocenters. The van der Waals surface area contributed by atoms with Gasteiger partial charge in [-0.3, -0.25) is 9.69 Å². The number of nitrogens with zero attached hydrogens (tertiary/aromatic N) is 2. The number of primary amides is 1. The predicted molar refractivity (Wildman–Crippen MR) is 88.7 cm³/mol. The molecule has 1 aromatic carbocycles. The number of likely N-dealkylation sites (N-methyl/N-ethyl adjacent to an activating group) is 1. The average Bonchev–Trinajstić information content (AvgIpc) is 2.85. The summed E-state index contributed by atoms with van der Waals surface area (Å²) in [6.45, 7) is 4.83. The third-order valence-electron chi connectivity index (χ3n) is 3.06. The van der Waals surface area contributed by atoms with Crippen molar-refractivity contribution in [3.8, 4) is 10.6 Å². The van der Waals surface area contributed by atoms with Crippen LogP contribution in [0, 0.1) is 0 Å². The zero-order chi connectivity index (χ0) is 16.3. The summed E-state index contributed by atoms with van der Waals surface area (Å²) in [6, 6.07) is 7.12. The van der Waals surface area contributed by atoms with E-state index in [0.717, 1.165) is 16.3 Å². The van der Waals surface area contributed by atoms with Gasteiger partial charge >= 0.3 is 0 Å². The highest BCUT2D eigenvalue weighted by Gasteiger charge is 2.16. The lowest BCUT2D eigenvalue weighted by molar-refractivity contribution is 0.0422. The van der Waals surface area contributed by atoms with Crippen LogP contribution in [0.5, 0.6) is 0 Å². The Morgan fingerprint density at radius 2 is 2.00 bits per heavy atom. The van der Waals surface area contributed by atoms with E-state index in [1.165, 1.54) is 0 Å². The van der Waals surface area contributed by atoms with Crippen LogP contribution in [-0.2, 0) is 6.54 Å². The van der Waals surface area contributed by atoms with Crippen molar-refractivity contribution in [2.24, 2.45) is 5.73 Å². The monoisotopic (exact) mass is 319 g/mol. The fraction of sp³-hybridized carbons (Fsp3) is 0.375. The van der Waals surface area contributed by atoms with Crippen molar-refractivity contribution in [1.82, 2.24) is 9.88 Å². The van der Waals surface area contributed by atoms with Gasteiger partial charge in [-0.05, 0) is 33.0 Å². The lowest BCUT2D eigenvalue weighted by Crippen LogP contribution is -2.35. The maximum absolute atomic E-state index is 11.1. The van der Waals surface area contributed by atoms with Gasteiger partial charge in [0.25, 0.3) is 0 Å². The van der Waals surface area contributed by atoms with E-state index in [2.05, 4.69) is 4.98 Å². The van der Waals surface area contributed by atoms with Crippen LogP contribution in [0.3, 0.4) is 0 Å². The number of hydrogen-bond donors (Lipinski definition) is 2. The molecule has 0 radical (unpaired) electrons. The molecule has 22 heavy (non-hydrogen) atoms. The summed E-state index contributed by atoms with van der Waals surface area (Å²) >= 11 is 1.56. The summed E-state index contributed by atoms with van der Waals surface area (Å²) in [6.07, 6.45) is 0. The first-order chi connectivity index (χ1) is 10.2. The van der Waals surface area contributed by atoms with Crippen molar-refractivity contribution in [2.45, 2.75) is 26.0 Å². The van der Waals surface area contributed by atoms with E-state index in [0.29, 0.717) is 18.7 Å². The lowest BCUT2D eigenvalue weighted by Gasteiger charge is -2.24. The zero-order valence-electron chi connectivity index (χ0n) is 13.0. The Labute approximate surface area is 134 Å². The normalized spacial score (nSPS) is 11.9. The number of nitrogens with two attached hydrogens (primary N) is 1. The van der Waals surface area contributed by atoms with Crippen LogP contribution in [0.15, 0.2) is 29.6 Å². The van der Waals surface area contributed by atoms with Gasteiger partial charge in [-0.2, -0.15) is 0 Å². The number of amides is 1. The molecule has 1 amide bonds. The maximum Gasteiger partial charge on any atom is 0.248 e. The highest BCUT2D eigenvalue weighted by Crippen LogP contribution is 2.24. The van der Waals surface area contributed by atoms with Gasteiger partial charge in [0, 0.05) is 29.6 Å². The maximum atomic E-state index is 11.1. The molecule has 0 aliphatic carbocycles. The van der Waals surface area contributed by atoms with Crippen LogP contribution >= 0.6 is 11.3 Å². The van der Waals surface area contributed by atoms with E-state index < -0.39 is 11.5 Å². The van der Waals surface area contributed by atoms with Gasteiger partial charge < -0.3 is 10.8 Å². The molecule has 0 aliphatic heterocycles. The van der Waals surface area contributed by atoms with Crippen molar-refractivity contribution in [2.75, 3.05) is 13.6 Å². The molecule has 0 spiro atoms. The second-order valence-corrected chi connectivity index (χ2v) is 6.93. The SMILES string of the molecule is CN(Cc1csc(-c2ccc(C(N)=O)cc2)n1)CC(C)(C)O. The molecule has 5 nitrogen and oxygen atoms in total. The molecule has 0 unspecified atom stereocenters. The van der Waals surface area contributed by atoms with Crippen molar-refractivity contribution < 1.29 is 9.90 Å². The number of thiazole rings is 1. The Morgan fingerprint density at radius 1 is 1.36 bits per heavy atom. The van der Waals surface area contributed by atoms with Crippen molar-refractivity contribution in [1.29, 1.82) is 0 Å². The van der Waals surface area contributed by atoms with Gasteiger partial charge in [-0.15, -0.1) is 11.3 Å². The molecular weight excluding hydrogens is 298 g/mol. The molecule has 0 fully saturated rings. The Morgan fingerprint density at radius 3 is 2.55 bits per heavy atom. The van der Waals surface area contributed by atoms with E-state index >= 15 is 0 Å². The summed E-state index contributed by atoms with van der Waals surface area (Å²) in [5, 5.41) is 12.7. The zero-order valence-corrected chi connectivity index (χ0v) is 13.9. The number of hydrogen-bond acceptors (Lipinski definition) is 5. The van der Waals surface area contributed by atoms with Crippen LogP contribution in [-0.4, -0.2) is 40.1 Å². The van der Waals surface area contributed by atoms with Crippen LogP contribution in [0.2, 0.25) is 0 Å². The Balaban J connectivity index is 2.06. The Kier molecular flexibility index (Phi) is 4.95. The quantitative estimate of drug-likeness (QED) is 0.854. The van der Waals surface area contributed by atoms with E-state index in [1.807, 2.05) is 29.5 Å². The third kappa shape index (κ3) is 4.62. The summed E-state index contributed by atoms with van der Waals surface area (Å²) in [7, 11) is 1.96. The molecule has 118 valence electrons. The molecule has 3 N–H and O–H groups in total. The van der Waals surface area contributed by atoms with Crippen LogP contribution in [0.1, 0.15) is 29.9 Å². The number of rotatable bonds is 6. The number of benzene rings is 1. The second-order valence-electron chi connectivity index (χ2n) is 6.07. The fourth-order valence-corrected chi connectivity index (χ4v) is 3.10. The van der Waals surface area contributed by atoms with Crippen LogP contribution < -0.4 is 5.73 Å². The van der Waals surface area contributed by atoms with E-state index in [-0.39, 0.29) is 0 Å². The minimum atomic E-state index is -0.724. The number of aromatic nitrogens is 1. The third-order valence-corrected chi connectivity index (χ3v) is 4.00. The van der Waals surface area contributed by atoms with Crippen molar-refractivity contribution >= 4 is 17.2 Å². The average molecular weight is 319 g/mol. The van der Waals surface area contributed by atoms with E-state index in [1.54, 1.807) is 37.3 Å². The van der Waals surface area contributed by atoms with Crippen molar-refractivity contribution in [3.05, 3.63) is 40.9 Å². The number of aliphatic hydroxyl groups is 1. The molecular formula is C16H21N3O2S. The number of carbonyl (C=O) groups is 1. The highest BCUT2D eigenvalue weighted by molar-refractivity contribution is 7.13. The molecule has 0 aliphatic rings. The summed E-state index contributed by atoms with van der Waals surface area (Å²) in [4.78, 5) is 17.7. The van der Waals surface area contributed by atoms with E-state index in [9.17, 15) is 9.90 Å².